The number of hydrogen-bond donors (Lipinski definition) is 0. The van der Waals surface area contributed by atoms with Gasteiger partial charge in [-0.3, -0.25) is 4.98 Å². The number of nitrogens with zero attached hydrogens (tertiary/aromatic N) is 1. The molecule has 0 bridgehead atoms. The highest BCUT2D eigenvalue weighted by molar-refractivity contribution is 5.37. The number of rotatable bonds is 7. The summed E-state index contributed by atoms with van der Waals surface area (Å²) in [6.07, 6.45) is 2.87. The molecule has 0 aliphatic heterocycles. The van der Waals surface area contributed by atoms with Crippen molar-refractivity contribution < 1.29 is 4.74 Å². The smallest absolute Gasteiger partial charge is 0.130 e. The van der Waals surface area contributed by atoms with Gasteiger partial charge in [0.05, 0.1) is 5.69 Å². The van der Waals surface area contributed by atoms with Crippen LogP contribution in [0.2, 0.25) is 0 Å². The van der Waals surface area contributed by atoms with Gasteiger partial charge in [0.15, 0.2) is 0 Å². The van der Waals surface area contributed by atoms with E-state index in [2.05, 4.69) is 74.3 Å². The molecule has 1 atom stereocenters. The van der Waals surface area contributed by atoms with Crippen molar-refractivity contribution in [1.29, 1.82) is 0 Å². The van der Waals surface area contributed by atoms with Gasteiger partial charge in [-0.05, 0) is 53.3 Å². The fourth-order valence-corrected chi connectivity index (χ4v) is 3.34. The average Bonchev–Trinajstić information content (AvgIpc) is 2.68. The van der Waals surface area contributed by atoms with E-state index in [-0.39, 0.29) is 0 Å². The fourth-order valence-electron chi connectivity index (χ4n) is 3.34. The predicted octanol–water partition coefficient (Wildman–Crippen LogP) is 6.01. The number of pyridine rings is 1. The molecule has 3 aromatic rings. The second kappa shape index (κ2) is 8.66. The molecule has 2 heteroatoms. The van der Waals surface area contributed by atoms with E-state index in [9.17, 15) is 0 Å². The summed E-state index contributed by atoms with van der Waals surface area (Å²) < 4.78 is 5.86. The van der Waals surface area contributed by atoms with E-state index in [1.807, 2.05) is 18.2 Å². The summed E-state index contributed by atoms with van der Waals surface area (Å²) in [7, 11) is 0. The summed E-state index contributed by atoms with van der Waals surface area (Å²) in [4.78, 5) is 4.29. The lowest BCUT2D eigenvalue weighted by Gasteiger charge is -2.22. The van der Waals surface area contributed by atoms with Crippen LogP contribution in [0, 0.1) is 5.92 Å². The molecule has 0 saturated heterocycles. The standard InChI is InChI=1S/C24H27NO/c1-4-19-8-10-20(11-9-19)24(18(2)3)21-12-14-23(15-13-21)26-17-22-7-5-6-16-25-22/h5-16,18,24H,4,17H2,1-3H3. The van der Waals surface area contributed by atoms with Gasteiger partial charge in [0, 0.05) is 12.1 Å². The largest absolute Gasteiger partial charge is 0.487 e. The molecule has 134 valence electrons. The van der Waals surface area contributed by atoms with E-state index in [4.69, 9.17) is 4.74 Å². The lowest BCUT2D eigenvalue weighted by Crippen LogP contribution is -2.08. The van der Waals surface area contributed by atoms with Crippen molar-refractivity contribution in [2.45, 2.75) is 39.7 Å². The summed E-state index contributed by atoms with van der Waals surface area (Å²) in [6, 6.07) is 23.4. The number of ether oxygens (including phenoxy) is 1. The Morgan fingerprint density at radius 2 is 1.50 bits per heavy atom. The van der Waals surface area contributed by atoms with E-state index in [1.165, 1.54) is 16.7 Å². The summed E-state index contributed by atoms with van der Waals surface area (Å²) >= 11 is 0. The molecule has 0 saturated carbocycles. The molecule has 0 amide bonds. The first-order valence-electron chi connectivity index (χ1n) is 9.39. The summed E-state index contributed by atoms with van der Waals surface area (Å²) in [6.45, 7) is 7.25. The normalized spacial score (nSPS) is 12.2. The van der Waals surface area contributed by atoms with Gasteiger partial charge in [0.2, 0.25) is 0 Å². The second-order valence-corrected chi connectivity index (χ2v) is 7.00. The first-order chi connectivity index (χ1) is 12.7. The number of hydrogen-bond acceptors (Lipinski definition) is 2. The molecule has 1 heterocycles. The number of aryl methyl sites for hydroxylation is 1. The van der Waals surface area contributed by atoms with Crippen LogP contribution in [0.4, 0.5) is 0 Å². The van der Waals surface area contributed by atoms with Gasteiger partial charge in [0.1, 0.15) is 12.4 Å². The van der Waals surface area contributed by atoms with E-state index in [0.717, 1.165) is 17.9 Å². The van der Waals surface area contributed by atoms with Crippen LogP contribution >= 0.6 is 0 Å². The molecule has 2 nitrogen and oxygen atoms in total. The fraction of sp³-hybridized carbons (Fsp3) is 0.292. The van der Waals surface area contributed by atoms with Crippen LogP contribution in [0.15, 0.2) is 72.9 Å². The molecule has 0 fully saturated rings. The molecule has 3 rings (SSSR count). The number of benzene rings is 2. The minimum atomic E-state index is 0.394. The van der Waals surface area contributed by atoms with Crippen LogP contribution in [0.25, 0.3) is 0 Å². The summed E-state index contributed by atoms with van der Waals surface area (Å²) in [5, 5.41) is 0. The molecule has 0 aliphatic carbocycles. The third-order valence-corrected chi connectivity index (χ3v) is 4.77. The van der Waals surface area contributed by atoms with Crippen LogP contribution in [-0.2, 0) is 13.0 Å². The third-order valence-electron chi connectivity index (χ3n) is 4.77. The van der Waals surface area contributed by atoms with Gasteiger partial charge in [0.25, 0.3) is 0 Å². The maximum Gasteiger partial charge on any atom is 0.130 e. The van der Waals surface area contributed by atoms with Crippen molar-refractivity contribution in [1.82, 2.24) is 4.98 Å². The zero-order valence-corrected chi connectivity index (χ0v) is 15.9. The topological polar surface area (TPSA) is 22.1 Å². The molecule has 0 aliphatic rings. The lowest BCUT2D eigenvalue weighted by atomic mass is 9.82. The van der Waals surface area contributed by atoms with Gasteiger partial charge in [-0.1, -0.05) is 63.2 Å². The van der Waals surface area contributed by atoms with Gasteiger partial charge in [-0.15, -0.1) is 0 Å². The van der Waals surface area contributed by atoms with E-state index >= 15 is 0 Å². The Hall–Kier alpha value is -2.61. The van der Waals surface area contributed by atoms with Crippen molar-refractivity contribution in [3.63, 3.8) is 0 Å². The van der Waals surface area contributed by atoms with Gasteiger partial charge in [-0.2, -0.15) is 0 Å². The Morgan fingerprint density at radius 3 is 2.04 bits per heavy atom. The second-order valence-electron chi connectivity index (χ2n) is 7.00. The highest BCUT2D eigenvalue weighted by Gasteiger charge is 2.18. The van der Waals surface area contributed by atoms with Crippen LogP contribution in [0.5, 0.6) is 5.75 Å². The Balaban J connectivity index is 1.73. The van der Waals surface area contributed by atoms with Crippen LogP contribution in [-0.4, -0.2) is 4.98 Å². The molecule has 2 aromatic carbocycles. The highest BCUT2D eigenvalue weighted by Crippen LogP contribution is 2.33. The molecule has 1 aromatic heterocycles. The minimum Gasteiger partial charge on any atom is -0.487 e. The van der Waals surface area contributed by atoms with E-state index < -0.39 is 0 Å². The van der Waals surface area contributed by atoms with Crippen molar-refractivity contribution in [2.24, 2.45) is 5.92 Å². The zero-order valence-electron chi connectivity index (χ0n) is 15.9. The van der Waals surface area contributed by atoms with E-state index in [0.29, 0.717) is 18.4 Å². The maximum atomic E-state index is 5.86. The Bertz CT molecular complexity index is 792. The molecule has 0 spiro atoms. The third kappa shape index (κ3) is 4.51. The molecule has 0 radical (unpaired) electrons. The van der Waals surface area contributed by atoms with E-state index in [1.54, 1.807) is 6.20 Å². The lowest BCUT2D eigenvalue weighted by molar-refractivity contribution is 0.301. The Morgan fingerprint density at radius 1 is 0.846 bits per heavy atom. The minimum absolute atomic E-state index is 0.394. The molecule has 0 N–H and O–H groups in total. The van der Waals surface area contributed by atoms with Crippen LogP contribution < -0.4 is 4.74 Å². The molecule has 26 heavy (non-hydrogen) atoms. The van der Waals surface area contributed by atoms with Crippen LogP contribution in [0.1, 0.15) is 49.1 Å². The zero-order chi connectivity index (χ0) is 18.4. The van der Waals surface area contributed by atoms with Gasteiger partial charge in [-0.25, -0.2) is 0 Å². The molecule has 1 unspecified atom stereocenters. The molecular formula is C24H27NO. The van der Waals surface area contributed by atoms with Crippen molar-refractivity contribution >= 4 is 0 Å². The predicted molar refractivity (Wildman–Crippen MR) is 108 cm³/mol. The van der Waals surface area contributed by atoms with Crippen molar-refractivity contribution in [2.75, 3.05) is 0 Å². The van der Waals surface area contributed by atoms with Crippen molar-refractivity contribution in [3.8, 4) is 5.75 Å². The maximum absolute atomic E-state index is 5.86. The Labute approximate surface area is 156 Å². The van der Waals surface area contributed by atoms with Crippen molar-refractivity contribution in [3.05, 3.63) is 95.3 Å². The quantitative estimate of drug-likeness (QED) is 0.523. The van der Waals surface area contributed by atoms with Gasteiger partial charge >= 0.3 is 0 Å². The Kier molecular flexibility index (Phi) is 6.06. The summed E-state index contributed by atoms with van der Waals surface area (Å²) in [5.74, 6) is 1.80. The highest BCUT2D eigenvalue weighted by atomic mass is 16.5. The monoisotopic (exact) mass is 345 g/mol. The van der Waals surface area contributed by atoms with Crippen LogP contribution in [0.3, 0.4) is 0 Å². The SMILES string of the molecule is CCc1ccc(C(c2ccc(OCc3ccccn3)cc2)C(C)C)cc1. The first-order valence-corrected chi connectivity index (χ1v) is 9.39. The first kappa shape index (κ1) is 18.2. The molecular weight excluding hydrogens is 318 g/mol. The number of aromatic nitrogens is 1. The average molecular weight is 345 g/mol. The summed E-state index contributed by atoms with van der Waals surface area (Å²) in [5.41, 5.74) is 5.02. The van der Waals surface area contributed by atoms with Gasteiger partial charge < -0.3 is 4.74 Å².